The molecular formula is C19H36BrNOSSi. The van der Waals surface area contributed by atoms with Crippen LogP contribution in [0.1, 0.15) is 79.2 Å². The van der Waals surface area contributed by atoms with Gasteiger partial charge in [0.1, 0.15) is 4.60 Å². The lowest BCUT2D eigenvalue weighted by atomic mass is 10.1. The van der Waals surface area contributed by atoms with Gasteiger partial charge in [0, 0.05) is 11.5 Å². The fourth-order valence-corrected chi connectivity index (χ4v) is 11.0. The van der Waals surface area contributed by atoms with Crippen LogP contribution < -0.4 is 0 Å². The Kier molecular flexibility index (Phi) is 9.71. The van der Waals surface area contributed by atoms with E-state index in [1.807, 2.05) is 0 Å². The van der Waals surface area contributed by atoms with Crippen molar-refractivity contribution >= 4 is 35.6 Å². The van der Waals surface area contributed by atoms with Crippen molar-refractivity contribution in [1.29, 1.82) is 0 Å². The molecule has 0 aliphatic rings. The zero-order chi connectivity index (χ0) is 18.3. The molecular weight excluding hydrogens is 398 g/mol. The van der Waals surface area contributed by atoms with Crippen molar-refractivity contribution in [3.05, 3.63) is 15.0 Å². The predicted octanol–water partition coefficient (Wildman–Crippen LogP) is 7.59. The molecule has 1 rings (SSSR count). The molecule has 0 bridgehead atoms. The van der Waals surface area contributed by atoms with Crippen molar-refractivity contribution in [3.8, 4) is 0 Å². The standard InChI is InChI=1S/C19H36BrNOSSi/c1-14(2)24(15(3)4,16(5)6)22-17(7)11-9-8-10-12-19-21-18(20)13-23-19/h13-17H,8-12H2,1-7H3. The Morgan fingerprint density at radius 2 is 1.58 bits per heavy atom. The van der Waals surface area contributed by atoms with E-state index >= 15 is 0 Å². The summed E-state index contributed by atoms with van der Waals surface area (Å²) in [6, 6.07) is 0. The first kappa shape index (κ1) is 22.3. The van der Waals surface area contributed by atoms with Gasteiger partial charge in [0.25, 0.3) is 0 Å². The van der Waals surface area contributed by atoms with Crippen LogP contribution in [0.15, 0.2) is 9.98 Å². The Labute approximate surface area is 163 Å². The third-order valence-corrected chi connectivity index (χ3v) is 13.0. The highest BCUT2D eigenvalue weighted by molar-refractivity contribution is 9.10. The third-order valence-electron chi connectivity index (χ3n) is 5.14. The first-order chi connectivity index (χ1) is 11.2. The fourth-order valence-electron chi connectivity index (χ4n) is 4.10. The molecule has 2 nitrogen and oxygen atoms in total. The topological polar surface area (TPSA) is 22.1 Å². The van der Waals surface area contributed by atoms with Crippen molar-refractivity contribution < 1.29 is 4.43 Å². The van der Waals surface area contributed by atoms with E-state index in [4.69, 9.17) is 4.43 Å². The highest BCUT2D eigenvalue weighted by Crippen LogP contribution is 2.43. The molecule has 0 aromatic carbocycles. The number of nitrogens with zero attached hydrogens (tertiary/aromatic N) is 1. The Balaban J connectivity index is 2.39. The lowest BCUT2D eigenvalue weighted by Gasteiger charge is -2.44. The lowest BCUT2D eigenvalue weighted by molar-refractivity contribution is 0.178. The molecule has 140 valence electrons. The van der Waals surface area contributed by atoms with Gasteiger partial charge in [0.2, 0.25) is 8.32 Å². The molecule has 1 atom stereocenters. The molecule has 0 fully saturated rings. The van der Waals surface area contributed by atoms with E-state index in [2.05, 4.69) is 74.8 Å². The Morgan fingerprint density at radius 1 is 1.00 bits per heavy atom. The highest BCUT2D eigenvalue weighted by Gasteiger charge is 2.45. The molecule has 1 aromatic rings. The van der Waals surface area contributed by atoms with E-state index in [0.29, 0.717) is 22.7 Å². The molecule has 0 radical (unpaired) electrons. The maximum Gasteiger partial charge on any atom is 0.200 e. The van der Waals surface area contributed by atoms with Crippen molar-refractivity contribution in [2.45, 2.75) is 103 Å². The monoisotopic (exact) mass is 433 g/mol. The van der Waals surface area contributed by atoms with Gasteiger partial charge in [0.05, 0.1) is 5.01 Å². The van der Waals surface area contributed by atoms with Crippen LogP contribution in [0.4, 0.5) is 0 Å². The summed E-state index contributed by atoms with van der Waals surface area (Å²) < 4.78 is 7.79. The van der Waals surface area contributed by atoms with E-state index < -0.39 is 8.32 Å². The van der Waals surface area contributed by atoms with Crippen LogP contribution >= 0.6 is 27.3 Å². The average molecular weight is 435 g/mol. The number of aryl methyl sites for hydroxylation is 1. The molecule has 0 saturated carbocycles. The minimum absolute atomic E-state index is 0.387. The minimum Gasteiger partial charge on any atom is -0.413 e. The van der Waals surface area contributed by atoms with Crippen LogP contribution in [0.25, 0.3) is 0 Å². The SMILES string of the molecule is CC(CCCCCc1nc(Br)cs1)O[Si](C(C)C)(C(C)C)C(C)C. The highest BCUT2D eigenvalue weighted by atomic mass is 79.9. The molecule has 1 heterocycles. The second-order valence-corrected chi connectivity index (χ2v) is 15.1. The zero-order valence-corrected chi connectivity index (χ0v) is 20.0. The smallest absolute Gasteiger partial charge is 0.200 e. The predicted molar refractivity (Wildman–Crippen MR) is 114 cm³/mol. The molecule has 1 unspecified atom stereocenters. The van der Waals surface area contributed by atoms with Crippen molar-refractivity contribution in [1.82, 2.24) is 4.98 Å². The maximum absolute atomic E-state index is 6.81. The van der Waals surface area contributed by atoms with Gasteiger partial charge in [-0.2, -0.15) is 0 Å². The van der Waals surface area contributed by atoms with Crippen LogP contribution in [0, 0.1) is 0 Å². The summed E-state index contributed by atoms with van der Waals surface area (Å²) in [6.45, 7) is 16.5. The molecule has 0 N–H and O–H groups in total. The van der Waals surface area contributed by atoms with E-state index in [1.54, 1.807) is 11.3 Å². The zero-order valence-electron chi connectivity index (χ0n) is 16.6. The molecule has 24 heavy (non-hydrogen) atoms. The summed E-state index contributed by atoms with van der Waals surface area (Å²) in [6.07, 6.45) is 6.43. The van der Waals surface area contributed by atoms with Crippen LogP contribution in [-0.2, 0) is 10.8 Å². The van der Waals surface area contributed by atoms with Crippen molar-refractivity contribution in [3.63, 3.8) is 0 Å². The molecule has 0 aliphatic carbocycles. The number of aromatic nitrogens is 1. The number of unbranched alkanes of at least 4 members (excludes halogenated alkanes) is 2. The van der Waals surface area contributed by atoms with Crippen molar-refractivity contribution in [2.75, 3.05) is 0 Å². The van der Waals surface area contributed by atoms with E-state index in [9.17, 15) is 0 Å². The summed E-state index contributed by atoms with van der Waals surface area (Å²) >= 11 is 5.18. The summed E-state index contributed by atoms with van der Waals surface area (Å²) in [5, 5.41) is 3.32. The molecule has 1 aromatic heterocycles. The number of hydrogen-bond acceptors (Lipinski definition) is 3. The fraction of sp³-hybridized carbons (Fsp3) is 0.842. The molecule has 0 aliphatic heterocycles. The average Bonchev–Trinajstić information content (AvgIpc) is 2.88. The van der Waals surface area contributed by atoms with Crippen LogP contribution in [0.3, 0.4) is 0 Å². The van der Waals surface area contributed by atoms with Crippen LogP contribution in [0.2, 0.25) is 16.6 Å². The Bertz CT molecular complexity index is 454. The maximum atomic E-state index is 6.81. The molecule has 0 saturated heterocycles. The van der Waals surface area contributed by atoms with Gasteiger partial charge in [-0.1, -0.05) is 54.4 Å². The van der Waals surface area contributed by atoms with Gasteiger partial charge in [-0.3, -0.25) is 0 Å². The second kappa shape index (κ2) is 10.4. The first-order valence-electron chi connectivity index (χ1n) is 9.47. The summed E-state index contributed by atoms with van der Waals surface area (Å²) in [7, 11) is -1.72. The largest absolute Gasteiger partial charge is 0.413 e. The van der Waals surface area contributed by atoms with Crippen LogP contribution in [-0.4, -0.2) is 19.4 Å². The van der Waals surface area contributed by atoms with Crippen molar-refractivity contribution in [2.24, 2.45) is 0 Å². The van der Waals surface area contributed by atoms with E-state index in [-0.39, 0.29) is 0 Å². The number of hydrogen-bond donors (Lipinski definition) is 0. The van der Waals surface area contributed by atoms with Gasteiger partial charge in [-0.25, -0.2) is 4.98 Å². The molecule has 0 spiro atoms. The van der Waals surface area contributed by atoms with Gasteiger partial charge in [-0.15, -0.1) is 11.3 Å². The Morgan fingerprint density at radius 3 is 2.04 bits per heavy atom. The number of thiazole rings is 1. The summed E-state index contributed by atoms with van der Waals surface area (Å²) in [4.78, 5) is 4.47. The van der Waals surface area contributed by atoms with E-state index in [0.717, 1.165) is 11.0 Å². The number of rotatable bonds is 11. The first-order valence-corrected chi connectivity index (χ1v) is 13.3. The van der Waals surface area contributed by atoms with Gasteiger partial charge >= 0.3 is 0 Å². The lowest BCUT2D eigenvalue weighted by Crippen LogP contribution is -2.49. The minimum atomic E-state index is -1.72. The van der Waals surface area contributed by atoms with E-state index in [1.165, 1.54) is 30.7 Å². The number of halogens is 1. The van der Waals surface area contributed by atoms with Gasteiger partial charge in [-0.05, 0) is 58.7 Å². The second-order valence-electron chi connectivity index (χ2n) is 7.91. The third kappa shape index (κ3) is 6.22. The molecule has 5 heteroatoms. The summed E-state index contributed by atoms with van der Waals surface area (Å²) in [5.74, 6) is 0. The Hall–Kier alpha value is 0.287. The quantitative estimate of drug-likeness (QED) is 0.264. The normalized spacial score (nSPS) is 14.1. The summed E-state index contributed by atoms with van der Waals surface area (Å²) in [5.41, 5.74) is 2.01. The van der Waals surface area contributed by atoms with Crippen LogP contribution in [0.5, 0.6) is 0 Å². The molecule has 0 amide bonds. The van der Waals surface area contributed by atoms with Gasteiger partial charge < -0.3 is 4.43 Å². The van der Waals surface area contributed by atoms with Gasteiger partial charge in [0.15, 0.2) is 0 Å².